The van der Waals surface area contributed by atoms with E-state index in [2.05, 4.69) is 36.2 Å². The molecule has 1 unspecified atom stereocenters. The van der Waals surface area contributed by atoms with Crippen LogP contribution in [0.15, 0.2) is 0 Å². The van der Waals surface area contributed by atoms with E-state index in [1.165, 1.54) is 0 Å². The molecule has 0 bridgehead atoms. The monoisotopic (exact) mass is 388 g/mol. The molecule has 9 nitrogen and oxygen atoms in total. The van der Waals surface area contributed by atoms with E-state index in [1.807, 2.05) is 4.90 Å². The molecular formula is C15H23F3N8O. The van der Waals surface area contributed by atoms with Gasteiger partial charge in [-0.1, -0.05) is 0 Å². The molecule has 150 valence electrons. The van der Waals surface area contributed by atoms with Crippen molar-refractivity contribution >= 4 is 23.8 Å². The van der Waals surface area contributed by atoms with Gasteiger partial charge in [-0.25, -0.2) is 0 Å². The van der Waals surface area contributed by atoms with Crippen LogP contribution in [0, 0.1) is 0 Å². The van der Waals surface area contributed by atoms with Gasteiger partial charge in [0.05, 0.1) is 0 Å². The van der Waals surface area contributed by atoms with E-state index in [9.17, 15) is 18.0 Å². The number of halogens is 3. The first-order valence-electron chi connectivity index (χ1n) is 8.97. The average molecular weight is 388 g/mol. The summed E-state index contributed by atoms with van der Waals surface area (Å²) in [5.74, 6) is 0.0341. The Hall–Kier alpha value is -2.37. The van der Waals surface area contributed by atoms with Crippen molar-refractivity contribution in [1.29, 1.82) is 0 Å². The van der Waals surface area contributed by atoms with Crippen molar-refractivity contribution in [1.82, 2.24) is 25.6 Å². The highest BCUT2D eigenvalue weighted by atomic mass is 19.4. The number of hydrogen-bond acceptors (Lipinski definition) is 8. The van der Waals surface area contributed by atoms with Crippen LogP contribution in [0.4, 0.5) is 31.0 Å². The summed E-state index contributed by atoms with van der Waals surface area (Å²) in [6, 6.07) is -0.527. The Morgan fingerprint density at radius 2 is 1.81 bits per heavy atom. The van der Waals surface area contributed by atoms with Gasteiger partial charge >= 0.3 is 6.18 Å². The second-order valence-electron chi connectivity index (χ2n) is 6.47. The normalized spacial score (nSPS) is 21.4. The van der Waals surface area contributed by atoms with Crippen LogP contribution in [0.25, 0.3) is 0 Å². The summed E-state index contributed by atoms with van der Waals surface area (Å²) in [7, 11) is 0. The van der Waals surface area contributed by atoms with Gasteiger partial charge in [-0.15, -0.1) is 0 Å². The number of nitrogens with one attached hydrogen (secondary N) is 4. The first kappa shape index (κ1) is 19.4. The van der Waals surface area contributed by atoms with Gasteiger partial charge in [0.15, 0.2) is 0 Å². The van der Waals surface area contributed by atoms with E-state index in [0.29, 0.717) is 26.1 Å². The molecule has 2 aliphatic heterocycles. The fraction of sp³-hybridized carbons (Fsp3) is 0.733. The smallest absolute Gasteiger partial charge is 0.354 e. The Bertz CT molecular complexity index is 650. The molecule has 0 radical (unpaired) electrons. The van der Waals surface area contributed by atoms with Gasteiger partial charge in [0.25, 0.3) is 0 Å². The third-order valence-corrected chi connectivity index (χ3v) is 4.31. The molecule has 0 spiro atoms. The Labute approximate surface area is 154 Å². The third-order valence-electron chi connectivity index (χ3n) is 4.31. The van der Waals surface area contributed by atoms with Crippen LogP contribution < -0.4 is 26.2 Å². The Balaban J connectivity index is 1.80. The fourth-order valence-corrected chi connectivity index (χ4v) is 2.93. The van der Waals surface area contributed by atoms with Crippen LogP contribution >= 0.6 is 0 Å². The molecule has 2 aliphatic rings. The first-order chi connectivity index (χ1) is 12.9. The van der Waals surface area contributed by atoms with Gasteiger partial charge in [-0.3, -0.25) is 4.79 Å². The highest BCUT2D eigenvalue weighted by Gasteiger charge is 2.28. The van der Waals surface area contributed by atoms with E-state index in [0.717, 1.165) is 25.9 Å². The van der Waals surface area contributed by atoms with Crippen molar-refractivity contribution in [3.8, 4) is 0 Å². The fourth-order valence-electron chi connectivity index (χ4n) is 2.93. The number of anilines is 3. The minimum absolute atomic E-state index is 0.0882. The van der Waals surface area contributed by atoms with Crippen LogP contribution in [-0.4, -0.2) is 72.3 Å². The van der Waals surface area contributed by atoms with E-state index >= 15 is 0 Å². The van der Waals surface area contributed by atoms with Gasteiger partial charge < -0.3 is 26.2 Å². The third kappa shape index (κ3) is 5.81. The zero-order valence-corrected chi connectivity index (χ0v) is 14.8. The van der Waals surface area contributed by atoms with Crippen LogP contribution in [-0.2, 0) is 4.79 Å². The first-order valence-corrected chi connectivity index (χ1v) is 8.97. The van der Waals surface area contributed by atoms with Crippen LogP contribution in [0.3, 0.4) is 0 Å². The average Bonchev–Trinajstić information content (AvgIpc) is 2.84. The molecular weight excluding hydrogens is 365 g/mol. The molecule has 4 N–H and O–H groups in total. The molecule has 3 rings (SSSR count). The molecule has 1 atom stereocenters. The van der Waals surface area contributed by atoms with Crippen molar-refractivity contribution in [2.24, 2.45) is 0 Å². The van der Waals surface area contributed by atoms with Gasteiger partial charge in [-0.05, 0) is 19.3 Å². The molecule has 1 amide bonds. The molecule has 27 heavy (non-hydrogen) atoms. The number of nitrogens with zero attached hydrogens (tertiary/aromatic N) is 4. The predicted octanol–water partition coefficient (Wildman–Crippen LogP) is 0.336. The van der Waals surface area contributed by atoms with Crippen molar-refractivity contribution in [2.45, 2.75) is 31.5 Å². The summed E-state index contributed by atoms with van der Waals surface area (Å²) in [6.07, 6.45) is -2.06. The second-order valence-corrected chi connectivity index (χ2v) is 6.47. The summed E-state index contributed by atoms with van der Waals surface area (Å²) < 4.78 is 37.6. The molecule has 0 saturated carbocycles. The molecule has 0 aromatic carbocycles. The van der Waals surface area contributed by atoms with E-state index in [1.54, 1.807) is 0 Å². The molecule has 0 aliphatic carbocycles. The number of rotatable bonds is 5. The second kappa shape index (κ2) is 8.55. The molecule has 1 aromatic rings. The predicted molar refractivity (Wildman–Crippen MR) is 93.7 cm³/mol. The molecule has 1 aromatic heterocycles. The quantitative estimate of drug-likeness (QED) is 0.572. The lowest BCUT2D eigenvalue weighted by molar-refractivity contribution is -0.121. The lowest BCUT2D eigenvalue weighted by Gasteiger charge is -2.28. The number of aromatic nitrogens is 3. The summed E-state index contributed by atoms with van der Waals surface area (Å²) in [5, 5.41) is 11.1. The highest BCUT2D eigenvalue weighted by molar-refractivity contribution is 5.84. The Kier molecular flexibility index (Phi) is 6.14. The topological polar surface area (TPSA) is 107 Å². The maximum Gasteiger partial charge on any atom is 0.405 e. The lowest BCUT2D eigenvalue weighted by Crippen LogP contribution is -2.44. The van der Waals surface area contributed by atoms with Gasteiger partial charge in [0.2, 0.25) is 23.8 Å². The maximum atomic E-state index is 12.5. The largest absolute Gasteiger partial charge is 0.405 e. The van der Waals surface area contributed by atoms with Gasteiger partial charge in [0, 0.05) is 32.7 Å². The molecule has 2 fully saturated rings. The van der Waals surface area contributed by atoms with Gasteiger partial charge in [-0.2, -0.15) is 28.1 Å². The summed E-state index contributed by atoms with van der Waals surface area (Å²) in [4.78, 5) is 26.5. The summed E-state index contributed by atoms with van der Waals surface area (Å²) in [6.45, 7) is 2.08. The molecule has 2 saturated heterocycles. The SMILES string of the molecule is O=C1NCCCCC1Nc1nc(NCC(F)(F)F)nc(N2CCNCC2)n1. The zero-order valence-electron chi connectivity index (χ0n) is 14.8. The number of carbonyl (C=O) groups excluding carboxylic acids is 1. The minimum Gasteiger partial charge on any atom is -0.354 e. The van der Waals surface area contributed by atoms with Crippen molar-refractivity contribution in [3.63, 3.8) is 0 Å². The van der Waals surface area contributed by atoms with E-state index < -0.39 is 18.8 Å². The van der Waals surface area contributed by atoms with Crippen molar-refractivity contribution in [2.75, 3.05) is 54.8 Å². The lowest BCUT2D eigenvalue weighted by atomic mass is 10.1. The number of amides is 1. The van der Waals surface area contributed by atoms with Crippen LogP contribution in [0.1, 0.15) is 19.3 Å². The van der Waals surface area contributed by atoms with Crippen molar-refractivity contribution < 1.29 is 18.0 Å². The van der Waals surface area contributed by atoms with Crippen LogP contribution in [0.5, 0.6) is 0 Å². The minimum atomic E-state index is -4.39. The Morgan fingerprint density at radius 1 is 1.07 bits per heavy atom. The number of alkyl halides is 3. The highest BCUT2D eigenvalue weighted by Crippen LogP contribution is 2.19. The summed E-state index contributed by atoms with van der Waals surface area (Å²) >= 11 is 0. The number of piperazine rings is 1. The van der Waals surface area contributed by atoms with E-state index in [4.69, 9.17) is 0 Å². The van der Waals surface area contributed by atoms with Crippen molar-refractivity contribution in [3.05, 3.63) is 0 Å². The standard InChI is InChI=1S/C15H23F3N8O/c16-15(17,18)9-21-12-23-13(22-10-3-1-2-4-20-11(10)27)25-14(24-12)26-7-5-19-6-8-26/h10,19H,1-9H2,(H,20,27)(H2,21,22,23,24,25). The van der Waals surface area contributed by atoms with E-state index in [-0.39, 0.29) is 23.8 Å². The molecule has 12 heteroatoms. The summed E-state index contributed by atoms with van der Waals surface area (Å²) in [5.41, 5.74) is 0. The maximum absolute atomic E-state index is 12.5. The van der Waals surface area contributed by atoms with Crippen LogP contribution in [0.2, 0.25) is 0 Å². The number of hydrogen-bond donors (Lipinski definition) is 4. The zero-order chi connectivity index (χ0) is 19.3. The Morgan fingerprint density at radius 3 is 2.56 bits per heavy atom. The number of carbonyl (C=O) groups is 1. The van der Waals surface area contributed by atoms with Gasteiger partial charge in [0.1, 0.15) is 12.6 Å². The molecule has 3 heterocycles.